The van der Waals surface area contributed by atoms with Crippen molar-refractivity contribution < 1.29 is 5.11 Å². The third-order valence-corrected chi connectivity index (χ3v) is 3.84. The van der Waals surface area contributed by atoms with Gasteiger partial charge in [-0.25, -0.2) is 0 Å². The minimum absolute atomic E-state index is 0.107. The van der Waals surface area contributed by atoms with Gasteiger partial charge in [-0.3, -0.25) is 0 Å². The van der Waals surface area contributed by atoms with Crippen molar-refractivity contribution in [1.82, 2.24) is 0 Å². The van der Waals surface area contributed by atoms with Crippen molar-refractivity contribution in [2.24, 2.45) is 5.92 Å². The van der Waals surface area contributed by atoms with E-state index in [9.17, 15) is 5.11 Å². The lowest BCUT2D eigenvalue weighted by Gasteiger charge is -2.31. The molecular formula is C16H16N2O. The van der Waals surface area contributed by atoms with Gasteiger partial charge in [0.1, 0.15) is 0 Å². The van der Waals surface area contributed by atoms with E-state index < -0.39 is 0 Å². The second-order valence-corrected chi connectivity index (χ2v) is 5.19. The summed E-state index contributed by atoms with van der Waals surface area (Å²) in [5.74, 6) is 0.560. The summed E-state index contributed by atoms with van der Waals surface area (Å²) in [6.07, 6.45) is 1.67. The highest BCUT2D eigenvalue weighted by Crippen LogP contribution is 2.30. The molecule has 96 valence electrons. The van der Waals surface area contributed by atoms with Crippen molar-refractivity contribution >= 4 is 16.5 Å². The summed E-state index contributed by atoms with van der Waals surface area (Å²) in [5, 5.41) is 23.9. The highest BCUT2D eigenvalue weighted by atomic mass is 16.3. The first kappa shape index (κ1) is 12.0. The third-order valence-electron chi connectivity index (χ3n) is 3.84. The predicted octanol–water partition coefficient (Wildman–Crippen LogP) is 2.89. The Hall–Kier alpha value is -2.05. The van der Waals surface area contributed by atoms with Gasteiger partial charge >= 0.3 is 0 Å². The number of rotatable bonds is 3. The average Bonchev–Trinajstić information content (AvgIpc) is 2.42. The molecule has 0 amide bonds. The van der Waals surface area contributed by atoms with Crippen molar-refractivity contribution in [3.05, 3.63) is 42.0 Å². The molecule has 1 fully saturated rings. The van der Waals surface area contributed by atoms with E-state index >= 15 is 0 Å². The zero-order valence-corrected chi connectivity index (χ0v) is 10.6. The molecule has 2 N–H and O–H groups in total. The van der Waals surface area contributed by atoms with Gasteiger partial charge in [-0.15, -0.1) is 0 Å². The van der Waals surface area contributed by atoms with E-state index in [1.807, 2.05) is 36.4 Å². The molecule has 0 saturated heterocycles. The van der Waals surface area contributed by atoms with Crippen LogP contribution in [0.2, 0.25) is 0 Å². The largest absolute Gasteiger partial charge is 0.393 e. The Bertz CT molecular complexity index is 639. The summed E-state index contributed by atoms with van der Waals surface area (Å²) >= 11 is 0. The molecule has 1 aliphatic carbocycles. The van der Waals surface area contributed by atoms with Gasteiger partial charge in [0.05, 0.1) is 17.7 Å². The lowest BCUT2D eigenvalue weighted by Crippen LogP contribution is -2.33. The first-order valence-electron chi connectivity index (χ1n) is 6.61. The molecular weight excluding hydrogens is 236 g/mol. The molecule has 0 aromatic heterocycles. The maximum Gasteiger partial charge on any atom is 0.0998 e. The standard InChI is InChI=1S/C16H16N2O/c17-9-12-5-6-16(15-4-2-1-3-14(12)15)18-10-11-7-13(19)8-11/h1-6,11,13,18-19H,7-8,10H2. The highest BCUT2D eigenvalue weighted by molar-refractivity contribution is 5.97. The number of anilines is 1. The summed E-state index contributed by atoms with van der Waals surface area (Å²) in [6.45, 7) is 0.882. The molecule has 0 radical (unpaired) electrons. The fourth-order valence-corrected chi connectivity index (χ4v) is 2.67. The SMILES string of the molecule is N#Cc1ccc(NCC2CC(O)C2)c2ccccc12. The molecule has 0 heterocycles. The number of aliphatic hydroxyl groups is 1. The van der Waals surface area contributed by atoms with Gasteiger partial charge in [0, 0.05) is 23.0 Å². The molecule has 0 unspecified atom stereocenters. The molecule has 2 aromatic carbocycles. The van der Waals surface area contributed by atoms with Gasteiger partial charge < -0.3 is 10.4 Å². The predicted molar refractivity (Wildman–Crippen MR) is 75.9 cm³/mol. The average molecular weight is 252 g/mol. The molecule has 0 bridgehead atoms. The third kappa shape index (κ3) is 2.27. The number of nitrogens with one attached hydrogen (secondary N) is 1. The lowest BCUT2D eigenvalue weighted by molar-refractivity contribution is 0.0487. The Morgan fingerprint density at radius 1 is 1.16 bits per heavy atom. The smallest absolute Gasteiger partial charge is 0.0998 e. The Morgan fingerprint density at radius 3 is 2.58 bits per heavy atom. The van der Waals surface area contributed by atoms with Gasteiger partial charge in [0.25, 0.3) is 0 Å². The fraction of sp³-hybridized carbons (Fsp3) is 0.312. The van der Waals surface area contributed by atoms with Gasteiger partial charge in [0.2, 0.25) is 0 Å². The topological polar surface area (TPSA) is 56.0 Å². The van der Waals surface area contributed by atoms with Crippen LogP contribution in [0, 0.1) is 17.2 Å². The molecule has 0 atom stereocenters. The molecule has 1 saturated carbocycles. The molecule has 0 aliphatic heterocycles. The summed E-state index contributed by atoms with van der Waals surface area (Å²) in [7, 11) is 0. The van der Waals surface area contributed by atoms with E-state index in [1.54, 1.807) is 0 Å². The fourth-order valence-electron chi connectivity index (χ4n) is 2.67. The van der Waals surface area contributed by atoms with Crippen molar-refractivity contribution in [3.8, 4) is 6.07 Å². The van der Waals surface area contributed by atoms with E-state index in [2.05, 4.69) is 11.4 Å². The van der Waals surface area contributed by atoms with Crippen LogP contribution < -0.4 is 5.32 Å². The Morgan fingerprint density at radius 2 is 1.89 bits per heavy atom. The van der Waals surface area contributed by atoms with Crippen LogP contribution in [0.3, 0.4) is 0 Å². The first-order valence-corrected chi connectivity index (χ1v) is 6.61. The van der Waals surface area contributed by atoms with Crippen LogP contribution in [-0.2, 0) is 0 Å². The Kier molecular flexibility index (Phi) is 3.10. The maximum atomic E-state index is 9.29. The summed E-state index contributed by atoms with van der Waals surface area (Å²) < 4.78 is 0. The first-order chi connectivity index (χ1) is 9.28. The quantitative estimate of drug-likeness (QED) is 0.883. The van der Waals surface area contributed by atoms with Crippen molar-refractivity contribution in [2.45, 2.75) is 18.9 Å². The second kappa shape index (κ2) is 4.91. The number of nitriles is 1. The van der Waals surface area contributed by atoms with E-state index in [0.717, 1.165) is 35.8 Å². The summed E-state index contributed by atoms with van der Waals surface area (Å²) in [4.78, 5) is 0. The molecule has 0 spiro atoms. The monoisotopic (exact) mass is 252 g/mol. The van der Waals surface area contributed by atoms with Crippen LogP contribution in [0.15, 0.2) is 36.4 Å². The molecule has 3 heteroatoms. The highest BCUT2D eigenvalue weighted by Gasteiger charge is 2.26. The van der Waals surface area contributed by atoms with Crippen LogP contribution in [0.1, 0.15) is 18.4 Å². The zero-order valence-electron chi connectivity index (χ0n) is 10.6. The number of nitrogens with zero attached hydrogens (tertiary/aromatic N) is 1. The Labute approximate surface area is 112 Å². The van der Waals surface area contributed by atoms with Crippen LogP contribution in [-0.4, -0.2) is 17.8 Å². The zero-order chi connectivity index (χ0) is 13.2. The number of fused-ring (bicyclic) bond motifs is 1. The minimum atomic E-state index is -0.107. The van der Waals surface area contributed by atoms with Gasteiger partial charge in [-0.2, -0.15) is 5.26 Å². The normalized spacial score (nSPS) is 21.7. The van der Waals surface area contributed by atoms with Crippen LogP contribution in [0.5, 0.6) is 0 Å². The van der Waals surface area contributed by atoms with Gasteiger partial charge in [-0.1, -0.05) is 24.3 Å². The second-order valence-electron chi connectivity index (χ2n) is 5.19. The lowest BCUT2D eigenvalue weighted by atomic mass is 9.82. The van der Waals surface area contributed by atoms with Gasteiger partial charge in [-0.05, 0) is 30.9 Å². The maximum absolute atomic E-state index is 9.29. The molecule has 3 nitrogen and oxygen atoms in total. The van der Waals surface area contributed by atoms with Crippen LogP contribution in [0.25, 0.3) is 10.8 Å². The number of hydrogen-bond acceptors (Lipinski definition) is 3. The van der Waals surface area contributed by atoms with Crippen molar-refractivity contribution in [3.63, 3.8) is 0 Å². The summed E-state index contributed by atoms with van der Waals surface area (Å²) in [5.41, 5.74) is 1.77. The molecule has 19 heavy (non-hydrogen) atoms. The van der Waals surface area contributed by atoms with Crippen molar-refractivity contribution in [1.29, 1.82) is 5.26 Å². The molecule has 3 rings (SSSR count). The number of aliphatic hydroxyl groups excluding tert-OH is 1. The summed E-state index contributed by atoms with van der Waals surface area (Å²) in [6, 6.07) is 14.0. The van der Waals surface area contributed by atoms with E-state index in [-0.39, 0.29) is 6.10 Å². The van der Waals surface area contributed by atoms with Crippen LogP contribution >= 0.6 is 0 Å². The van der Waals surface area contributed by atoms with Gasteiger partial charge in [0.15, 0.2) is 0 Å². The van der Waals surface area contributed by atoms with E-state index in [1.165, 1.54) is 0 Å². The minimum Gasteiger partial charge on any atom is -0.393 e. The Balaban J connectivity index is 1.85. The van der Waals surface area contributed by atoms with Crippen molar-refractivity contribution in [2.75, 3.05) is 11.9 Å². The molecule has 2 aromatic rings. The molecule has 1 aliphatic rings. The van der Waals surface area contributed by atoms with E-state index in [4.69, 9.17) is 5.26 Å². The van der Waals surface area contributed by atoms with E-state index in [0.29, 0.717) is 11.5 Å². The number of hydrogen-bond donors (Lipinski definition) is 2. The number of benzene rings is 2. The van der Waals surface area contributed by atoms with Crippen LogP contribution in [0.4, 0.5) is 5.69 Å².